The van der Waals surface area contributed by atoms with E-state index < -0.39 is 48.2 Å². The van der Waals surface area contributed by atoms with Crippen molar-refractivity contribution in [1.29, 1.82) is 0 Å². The monoisotopic (exact) mass is 358 g/mol. The zero-order valence-corrected chi connectivity index (χ0v) is 14.4. The van der Waals surface area contributed by atoms with E-state index >= 15 is 0 Å². The van der Waals surface area contributed by atoms with Crippen molar-refractivity contribution in [2.45, 2.75) is 57.7 Å². The molecule has 0 fully saturated rings. The highest BCUT2D eigenvalue weighted by Gasteiger charge is 2.27. The van der Waals surface area contributed by atoms with E-state index in [1.165, 1.54) is 0 Å². The fourth-order valence-electron chi connectivity index (χ4n) is 2.04. The summed E-state index contributed by atoms with van der Waals surface area (Å²) in [5, 5.41) is 13.3. The van der Waals surface area contributed by atoms with E-state index in [0.717, 1.165) is 0 Å². The molecule has 25 heavy (non-hydrogen) atoms. The van der Waals surface area contributed by atoms with Crippen LogP contribution in [0.4, 0.5) is 0 Å². The highest BCUT2D eigenvalue weighted by Crippen LogP contribution is 2.04. The summed E-state index contributed by atoms with van der Waals surface area (Å²) in [6.45, 7) is 3.74. The largest absolute Gasteiger partial charge is 0.481 e. The SMILES string of the molecule is CC(C)C[C@@H](C=O)NC(=O)[C@H](CC(N)=O)NC(=O)[C@@H](N)CCC(=O)O. The van der Waals surface area contributed by atoms with Crippen LogP contribution in [0.5, 0.6) is 0 Å². The molecule has 0 bridgehead atoms. The molecule has 0 spiro atoms. The first-order chi connectivity index (χ1) is 11.6. The number of carbonyl (C=O) groups is 5. The second kappa shape index (κ2) is 11.1. The standard InChI is InChI=1S/C15H26N4O6/c1-8(2)5-9(7-20)18-15(25)11(6-12(17)21)19-14(24)10(16)3-4-13(22)23/h7-11H,3-6,16H2,1-2H3,(H2,17,21)(H,18,25)(H,19,24)(H,22,23)/t9-,10-,11-/m0/s1. The van der Waals surface area contributed by atoms with Gasteiger partial charge in [0.25, 0.3) is 0 Å². The van der Waals surface area contributed by atoms with Crippen LogP contribution in [-0.2, 0) is 24.0 Å². The van der Waals surface area contributed by atoms with Crippen LogP contribution in [0.15, 0.2) is 0 Å². The molecule has 0 aromatic rings. The third kappa shape index (κ3) is 10.1. The van der Waals surface area contributed by atoms with Crippen molar-refractivity contribution in [2.24, 2.45) is 17.4 Å². The van der Waals surface area contributed by atoms with E-state index in [-0.39, 0.29) is 18.8 Å². The quantitative estimate of drug-likeness (QED) is 0.257. The van der Waals surface area contributed by atoms with Crippen molar-refractivity contribution in [3.63, 3.8) is 0 Å². The molecule has 0 aromatic heterocycles. The Labute approximate surface area is 145 Å². The van der Waals surface area contributed by atoms with Gasteiger partial charge < -0.3 is 32.0 Å². The van der Waals surface area contributed by atoms with Gasteiger partial charge in [-0.2, -0.15) is 0 Å². The Morgan fingerprint density at radius 2 is 1.72 bits per heavy atom. The number of carboxylic acids is 1. The molecule has 0 aliphatic rings. The molecular weight excluding hydrogens is 332 g/mol. The van der Waals surface area contributed by atoms with Crippen molar-refractivity contribution >= 4 is 30.0 Å². The Morgan fingerprint density at radius 3 is 2.16 bits per heavy atom. The smallest absolute Gasteiger partial charge is 0.303 e. The van der Waals surface area contributed by atoms with Crippen molar-refractivity contribution in [2.75, 3.05) is 0 Å². The van der Waals surface area contributed by atoms with E-state index in [2.05, 4.69) is 10.6 Å². The number of hydrogen-bond acceptors (Lipinski definition) is 6. The van der Waals surface area contributed by atoms with Gasteiger partial charge in [0.1, 0.15) is 12.3 Å². The van der Waals surface area contributed by atoms with Crippen molar-refractivity contribution < 1.29 is 29.1 Å². The molecule has 3 amide bonds. The third-order valence-electron chi connectivity index (χ3n) is 3.26. The Bertz CT molecular complexity index is 508. The first kappa shape index (κ1) is 22.5. The summed E-state index contributed by atoms with van der Waals surface area (Å²) in [4.78, 5) is 56.8. The lowest BCUT2D eigenvalue weighted by molar-refractivity contribution is -0.137. The van der Waals surface area contributed by atoms with Gasteiger partial charge in [-0.05, 0) is 18.8 Å². The Hall–Kier alpha value is -2.49. The molecule has 142 valence electrons. The fraction of sp³-hybridized carbons (Fsp3) is 0.667. The van der Waals surface area contributed by atoms with E-state index in [9.17, 15) is 24.0 Å². The molecule has 10 nitrogen and oxygen atoms in total. The van der Waals surface area contributed by atoms with Crippen LogP contribution in [0.3, 0.4) is 0 Å². The van der Waals surface area contributed by atoms with Crippen LogP contribution < -0.4 is 22.1 Å². The fourth-order valence-corrected chi connectivity index (χ4v) is 2.04. The summed E-state index contributed by atoms with van der Waals surface area (Å²) in [5.41, 5.74) is 10.6. The van der Waals surface area contributed by atoms with Crippen LogP contribution in [0.25, 0.3) is 0 Å². The molecule has 0 radical (unpaired) electrons. The van der Waals surface area contributed by atoms with Crippen LogP contribution in [-0.4, -0.2) is 53.2 Å². The van der Waals surface area contributed by atoms with Gasteiger partial charge in [-0.15, -0.1) is 0 Å². The molecule has 0 saturated heterocycles. The summed E-state index contributed by atoms with van der Waals surface area (Å²) in [5.74, 6) is -3.32. The van der Waals surface area contributed by atoms with Crippen molar-refractivity contribution in [3.05, 3.63) is 0 Å². The van der Waals surface area contributed by atoms with E-state index in [1.807, 2.05) is 13.8 Å². The van der Waals surface area contributed by atoms with Gasteiger partial charge in [-0.25, -0.2) is 0 Å². The molecule has 0 rings (SSSR count). The van der Waals surface area contributed by atoms with Gasteiger partial charge in [-0.3, -0.25) is 19.2 Å². The summed E-state index contributed by atoms with van der Waals surface area (Å²) in [6.07, 6.45) is 0.0417. The normalized spacial score (nSPS) is 14.2. The first-order valence-electron chi connectivity index (χ1n) is 7.88. The van der Waals surface area contributed by atoms with Crippen molar-refractivity contribution in [3.8, 4) is 0 Å². The minimum Gasteiger partial charge on any atom is -0.481 e. The second-order valence-electron chi connectivity index (χ2n) is 6.15. The average molecular weight is 358 g/mol. The van der Waals surface area contributed by atoms with E-state index in [4.69, 9.17) is 16.6 Å². The molecule has 0 heterocycles. The second-order valence-corrected chi connectivity index (χ2v) is 6.15. The number of aliphatic carboxylic acids is 1. The summed E-state index contributed by atoms with van der Waals surface area (Å²) < 4.78 is 0. The number of rotatable bonds is 12. The zero-order chi connectivity index (χ0) is 19.6. The van der Waals surface area contributed by atoms with Crippen LogP contribution in [0.1, 0.15) is 39.5 Å². The molecule has 0 aliphatic heterocycles. The Kier molecular flexibility index (Phi) is 10.0. The van der Waals surface area contributed by atoms with Crippen LogP contribution >= 0.6 is 0 Å². The van der Waals surface area contributed by atoms with Crippen molar-refractivity contribution in [1.82, 2.24) is 10.6 Å². The highest BCUT2D eigenvalue weighted by molar-refractivity contribution is 5.93. The number of nitrogens with two attached hydrogens (primary N) is 2. The third-order valence-corrected chi connectivity index (χ3v) is 3.26. The van der Waals surface area contributed by atoms with Gasteiger partial charge in [0.05, 0.1) is 18.5 Å². The molecule has 7 N–H and O–H groups in total. The number of primary amides is 1. The van der Waals surface area contributed by atoms with Crippen LogP contribution in [0, 0.1) is 5.92 Å². The number of amides is 3. The first-order valence-corrected chi connectivity index (χ1v) is 7.88. The van der Waals surface area contributed by atoms with Crippen LogP contribution in [0.2, 0.25) is 0 Å². The highest BCUT2D eigenvalue weighted by atomic mass is 16.4. The molecule has 0 saturated carbocycles. The predicted molar refractivity (Wildman–Crippen MR) is 88.0 cm³/mol. The molecular formula is C15H26N4O6. The molecule has 0 aromatic carbocycles. The molecule has 0 aliphatic carbocycles. The zero-order valence-electron chi connectivity index (χ0n) is 14.4. The lowest BCUT2D eigenvalue weighted by Crippen LogP contribution is -2.54. The number of nitrogens with one attached hydrogen (secondary N) is 2. The van der Waals surface area contributed by atoms with Gasteiger partial charge in [0.2, 0.25) is 17.7 Å². The topological polar surface area (TPSA) is 182 Å². The number of carbonyl (C=O) groups excluding carboxylic acids is 4. The average Bonchev–Trinajstić information content (AvgIpc) is 2.49. The maximum atomic E-state index is 12.2. The Balaban J connectivity index is 4.89. The lowest BCUT2D eigenvalue weighted by atomic mass is 10.0. The number of carboxylic acid groups (broad SMARTS) is 1. The van der Waals surface area contributed by atoms with E-state index in [1.54, 1.807) is 0 Å². The minimum absolute atomic E-state index is 0.129. The maximum Gasteiger partial charge on any atom is 0.303 e. The van der Waals surface area contributed by atoms with Gasteiger partial charge in [-0.1, -0.05) is 13.8 Å². The van der Waals surface area contributed by atoms with E-state index in [0.29, 0.717) is 12.7 Å². The number of aldehydes is 1. The van der Waals surface area contributed by atoms with Gasteiger partial charge in [0.15, 0.2) is 0 Å². The number of hydrogen-bond donors (Lipinski definition) is 5. The van der Waals surface area contributed by atoms with Gasteiger partial charge in [0, 0.05) is 6.42 Å². The summed E-state index contributed by atoms with van der Waals surface area (Å²) in [6, 6.07) is -3.22. The molecule has 3 atom stereocenters. The molecule has 0 unspecified atom stereocenters. The predicted octanol–water partition coefficient (Wildman–Crippen LogP) is -1.73. The maximum absolute atomic E-state index is 12.2. The summed E-state index contributed by atoms with van der Waals surface area (Å²) in [7, 11) is 0. The minimum atomic E-state index is -1.30. The molecule has 10 heteroatoms. The Morgan fingerprint density at radius 1 is 1.12 bits per heavy atom. The lowest BCUT2D eigenvalue weighted by Gasteiger charge is -2.22. The van der Waals surface area contributed by atoms with Gasteiger partial charge >= 0.3 is 5.97 Å². The summed E-state index contributed by atoms with van der Waals surface area (Å²) >= 11 is 0.